The maximum atomic E-state index is 12.2. The third-order valence-electron chi connectivity index (χ3n) is 3.54. The van der Waals surface area contributed by atoms with Gasteiger partial charge in [0.15, 0.2) is 12.4 Å². The smallest absolute Gasteiger partial charge is 0.344 e. The van der Waals surface area contributed by atoms with Gasteiger partial charge in [0.25, 0.3) is 5.91 Å². The van der Waals surface area contributed by atoms with Crippen molar-refractivity contribution < 1.29 is 28.3 Å². The van der Waals surface area contributed by atoms with Crippen LogP contribution in [0.3, 0.4) is 0 Å². The van der Waals surface area contributed by atoms with Crippen molar-refractivity contribution in [2.75, 3.05) is 18.5 Å². The van der Waals surface area contributed by atoms with E-state index in [1.165, 1.54) is 13.8 Å². The van der Waals surface area contributed by atoms with Crippen LogP contribution in [0.5, 0.6) is 5.75 Å². The van der Waals surface area contributed by atoms with Gasteiger partial charge in [0.05, 0.1) is 17.7 Å². The van der Waals surface area contributed by atoms with Gasteiger partial charge in [0, 0.05) is 0 Å². The standard InChI is InChI=1S/C19H18N2O6/c1-4-25-19(24)17-16(11(2)22)12(3)27-18(17)21-15(23)10-26-14-8-6-5-7-13(14)9-20/h5-8H,4,10H2,1-3H3,(H,21,23). The maximum Gasteiger partial charge on any atom is 0.344 e. The minimum atomic E-state index is -0.773. The van der Waals surface area contributed by atoms with E-state index < -0.39 is 18.5 Å². The number of carbonyl (C=O) groups excluding carboxylic acids is 3. The highest BCUT2D eigenvalue weighted by Crippen LogP contribution is 2.28. The summed E-state index contributed by atoms with van der Waals surface area (Å²) >= 11 is 0. The van der Waals surface area contributed by atoms with E-state index in [1.54, 1.807) is 31.2 Å². The molecular weight excluding hydrogens is 352 g/mol. The molecule has 2 aromatic rings. The molecule has 0 spiro atoms. The largest absolute Gasteiger partial charge is 0.482 e. The Labute approximate surface area is 155 Å². The Hall–Kier alpha value is -3.60. The average Bonchev–Trinajstić information content (AvgIpc) is 2.96. The summed E-state index contributed by atoms with van der Waals surface area (Å²) in [4.78, 5) is 36.2. The molecule has 0 atom stereocenters. The van der Waals surface area contributed by atoms with Gasteiger partial charge in [-0.3, -0.25) is 14.9 Å². The van der Waals surface area contributed by atoms with Crippen molar-refractivity contribution in [3.05, 3.63) is 46.7 Å². The number of nitriles is 1. The van der Waals surface area contributed by atoms with Crippen LogP contribution in [0.4, 0.5) is 5.88 Å². The van der Waals surface area contributed by atoms with E-state index in [9.17, 15) is 14.4 Å². The monoisotopic (exact) mass is 370 g/mol. The highest BCUT2D eigenvalue weighted by atomic mass is 16.5. The maximum absolute atomic E-state index is 12.2. The van der Waals surface area contributed by atoms with Crippen molar-refractivity contribution in [3.8, 4) is 11.8 Å². The molecule has 8 nitrogen and oxygen atoms in total. The highest BCUT2D eigenvalue weighted by molar-refractivity contribution is 6.10. The van der Waals surface area contributed by atoms with Gasteiger partial charge in [0.1, 0.15) is 23.1 Å². The minimum Gasteiger partial charge on any atom is -0.482 e. The molecule has 0 bridgehead atoms. The van der Waals surface area contributed by atoms with Crippen LogP contribution in [-0.2, 0) is 9.53 Å². The normalized spacial score (nSPS) is 10.0. The number of ether oxygens (including phenoxy) is 2. The number of para-hydroxylation sites is 1. The lowest BCUT2D eigenvalue weighted by atomic mass is 10.1. The predicted octanol–water partition coefficient (Wildman–Crippen LogP) is 2.86. The molecule has 140 valence electrons. The summed E-state index contributed by atoms with van der Waals surface area (Å²) < 4.78 is 15.7. The molecule has 2 rings (SSSR count). The molecule has 1 amide bonds. The molecule has 0 fully saturated rings. The third kappa shape index (κ3) is 4.52. The molecular formula is C19H18N2O6. The van der Waals surface area contributed by atoms with E-state index in [1.807, 2.05) is 6.07 Å². The fourth-order valence-electron chi connectivity index (χ4n) is 2.45. The Morgan fingerprint density at radius 2 is 1.93 bits per heavy atom. The number of ketones is 1. The summed E-state index contributed by atoms with van der Waals surface area (Å²) in [5.74, 6) is -1.53. The molecule has 1 aromatic heterocycles. The van der Waals surface area contributed by atoms with Crippen molar-refractivity contribution in [2.24, 2.45) is 0 Å². The van der Waals surface area contributed by atoms with E-state index in [2.05, 4.69) is 5.32 Å². The molecule has 0 unspecified atom stereocenters. The van der Waals surface area contributed by atoms with Crippen LogP contribution in [0, 0.1) is 18.3 Å². The van der Waals surface area contributed by atoms with E-state index in [4.69, 9.17) is 19.2 Å². The van der Waals surface area contributed by atoms with Gasteiger partial charge in [-0.05, 0) is 32.9 Å². The van der Waals surface area contributed by atoms with Gasteiger partial charge in [-0.25, -0.2) is 4.79 Å². The number of anilines is 1. The number of nitrogens with one attached hydrogen (secondary N) is 1. The van der Waals surface area contributed by atoms with E-state index >= 15 is 0 Å². The van der Waals surface area contributed by atoms with Crippen molar-refractivity contribution in [2.45, 2.75) is 20.8 Å². The summed E-state index contributed by atoms with van der Waals surface area (Å²) in [6.07, 6.45) is 0. The molecule has 0 saturated carbocycles. The number of amides is 1. The molecule has 1 aromatic carbocycles. The molecule has 27 heavy (non-hydrogen) atoms. The fourth-order valence-corrected chi connectivity index (χ4v) is 2.45. The van der Waals surface area contributed by atoms with Crippen LogP contribution in [0.25, 0.3) is 0 Å². The Balaban J connectivity index is 2.20. The Morgan fingerprint density at radius 3 is 2.56 bits per heavy atom. The lowest BCUT2D eigenvalue weighted by Gasteiger charge is -2.08. The lowest BCUT2D eigenvalue weighted by molar-refractivity contribution is -0.118. The second-order valence-corrected chi connectivity index (χ2v) is 5.46. The van der Waals surface area contributed by atoms with Gasteiger partial charge < -0.3 is 13.9 Å². The first-order valence-electron chi connectivity index (χ1n) is 8.12. The predicted molar refractivity (Wildman–Crippen MR) is 94.7 cm³/mol. The molecule has 0 radical (unpaired) electrons. The molecule has 0 aliphatic carbocycles. The van der Waals surface area contributed by atoms with Gasteiger partial charge in [-0.2, -0.15) is 5.26 Å². The first kappa shape index (κ1) is 19.7. The highest BCUT2D eigenvalue weighted by Gasteiger charge is 2.28. The van der Waals surface area contributed by atoms with E-state index in [-0.39, 0.29) is 46.5 Å². The van der Waals surface area contributed by atoms with Crippen molar-refractivity contribution >= 4 is 23.5 Å². The zero-order chi connectivity index (χ0) is 20.0. The molecule has 0 saturated heterocycles. The average molecular weight is 370 g/mol. The first-order chi connectivity index (χ1) is 12.9. The number of benzene rings is 1. The Morgan fingerprint density at radius 1 is 1.22 bits per heavy atom. The quantitative estimate of drug-likeness (QED) is 0.588. The Bertz CT molecular complexity index is 923. The second kappa shape index (κ2) is 8.67. The molecule has 1 N–H and O–H groups in total. The SMILES string of the molecule is CCOC(=O)c1c(NC(=O)COc2ccccc2C#N)oc(C)c1C(C)=O. The second-order valence-electron chi connectivity index (χ2n) is 5.46. The lowest BCUT2D eigenvalue weighted by Crippen LogP contribution is -2.22. The van der Waals surface area contributed by atoms with Gasteiger partial charge in [-0.15, -0.1) is 0 Å². The summed E-state index contributed by atoms with van der Waals surface area (Å²) in [5, 5.41) is 11.4. The van der Waals surface area contributed by atoms with Crippen LogP contribution < -0.4 is 10.1 Å². The van der Waals surface area contributed by atoms with Crippen LogP contribution >= 0.6 is 0 Å². The van der Waals surface area contributed by atoms with Crippen molar-refractivity contribution in [1.82, 2.24) is 0 Å². The van der Waals surface area contributed by atoms with Crippen molar-refractivity contribution in [1.29, 1.82) is 5.26 Å². The third-order valence-corrected chi connectivity index (χ3v) is 3.54. The summed E-state index contributed by atoms with van der Waals surface area (Å²) in [5.41, 5.74) is 0.206. The number of aryl methyl sites for hydroxylation is 1. The number of furan rings is 1. The van der Waals surface area contributed by atoms with Crippen LogP contribution in [-0.4, -0.2) is 30.9 Å². The van der Waals surface area contributed by atoms with E-state index in [0.29, 0.717) is 0 Å². The van der Waals surface area contributed by atoms with Crippen LogP contribution in [0.15, 0.2) is 28.7 Å². The Kier molecular flexibility index (Phi) is 6.33. The number of esters is 1. The van der Waals surface area contributed by atoms with E-state index in [0.717, 1.165) is 0 Å². The first-order valence-corrected chi connectivity index (χ1v) is 8.12. The summed E-state index contributed by atoms with van der Waals surface area (Å²) in [6.45, 7) is 4.10. The summed E-state index contributed by atoms with van der Waals surface area (Å²) in [7, 11) is 0. The number of hydrogen-bond donors (Lipinski definition) is 1. The zero-order valence-corrected chi connectivity index (χ0v) is 15.1. The molecule has 0 aliphatic rings. The number of nitrogens with zero attached hydrogens (tertiary/aromatic N) is 1. The number of hydrogen-bond acceptors (Lipinski definition) is 7. The zero-order valence-electron chi connectivity index (χ0n) is 15.1. The fraction of sp³-hybridized carbons (Fsp3) is 0.263. The number of Topliss-reactive ketones (excluding diaryl/α,β-unsaturated/α-hetero) is 1. The minimum absolute atomic E-state index is 0.0551. The molecule has 1 heterocycles. The summed E-state index contributed by atoms with van der Waals surface area (Å²) in [6, 6.07) is 8.41. The number of carbonyl (C=O) groups is 3. The van der Waals surface area contributed by atoms with Crippen LogP contribution in [0.2, 0.25) is 0 Å². The molecule has 8 heteroatoms. The topological polar surface area (TPSA) is 119 Å². The molecule has 0 aliphatic heterocycles. The number of rotatable bonds is 7. The van der Waals surface area contributed by atoms with Gasteiger partial charge in [-0.1, -0.05) is 12.1 Å². The van der Waals surface area contributed by atoms with Gasteiger partial charge >= 0.3 is 5.97 Å². The van der Waals surface area contributed by atoms with Crippen LogP contribution in [0.1, 0.15) is 45.9 Å². The van der Waals surface area contributed by atoms with Crippen molar-refractivity contribution in [3.63, 3.8) is 0 Å². The van der Waals surface area contributed by atoms with Gasteiger partial charge in [0.2, 0.25) is 5.88 Å².